The van der Waals surface area contributed by atoms with E-state index in [1.807, 2.05) is 6.88 Å². The van der Waals surface area contributed by atoms with Crippen LogP contribution in [0.2, 0.25) is 0 Å². The minimum absolute atomic E-state index is 0. The zero-order valence-electron chi connectivity index (χ0n) is 20.5. The Morgan fingerprint density at radius 1 is 0.833 bits per heavy atom. The molecule has 4 aliphatic rings. The molecule has 0 heterocycles. The van der Waals surface area contributed by atoms with Crippen LogP contribution in [0.3, 0.4) is 0 Å². The maximum atomic E-state index is 3.60. The van der Waals surface area contributed by atoms with Crippen molar-refractivity contribution in [1.82, 2.24) is 0 Å². The summed E-state index contributed by atoms with van der Waals surface area (Å²) in [6.45, 7) is 13.4. The third kappa shape index (κ3) is 15.6. The molecule has 0 amide bonds. The molecule has 0 aromatic heterocycles. The molecular weight excluding hydrogens is 456 g/mol. The van der Waals surface area contributed by atoms with Crippen LogP contribution in [-0.4, -0.2) is 6.88 Å². The summed E-state index contributed by atoms with van der Waals surface area (Å²) < 4.78 is 0. The van der Waals surface area contributed by atoms with Crippen LogP contribution in [0.15, 0.2) is 47.6 Å². The Balaban J connectivity index is -0.000000329. The van der Waals surface area contributed by atoms with Crippen LogP contribution >= 0.6 is 0 Å². The standard InChI is InChI=1S/2C9H11.2C4H9.2CH3.H2Si.Zr/c2*1-2-5-9-7-3-6-8(9)4-1;2*1-3-4-2;;;;/h2*1-2,4,6,9H,3,5,7H2;2*1,3-4H2,2H3;2*1H3;1H2;/q6*-1;;. The van der Waals surface area contributed by atoms with Crippen LogP contribution in [0.5, 0.6) is 0 Å². The summed E-state index contributed by atoms with van der Waals surface area (Å²) in [6.07, 6.45) is 30.6. The monoisotopic (exact) mass is 502 g/mol. The van der Waals surface area contributed by atoms with Gasteiger partial charge in [0.1, 0.15) is 0 Å². The number of hydrogen-bond donors (Lipinski definition) is 0. The summed E-state index contributed by atoms with van der Waals surface area (Å²) in [7, 11) is 0. The molecule has 2 atom stereocenters. The Morgan fingerprint density at radius 3 is 1.43 bits per heavy atom. The Labute approximate surface area is 208 Å². The average Bonchev–Trinajstić information content (AvgIpc) is 3.45. The summed E-state index contributed by atoms with van der Waals surface area (Å²) in [5.41, 5.74) is 3.16. The second-order valence-corrected chi connectivity index (χ2v) is 7.32. The van der Waals surface area contributed by atoms with Gasteiger partial charge < -0.3 is 28.7 Å². The molecule has 4 aliphatic carbocycles. The van der Waals surface area contributed by atoms with Crippen LogP contribution in [0.1, 0.15) is 78.1 Å². The van der Waals surface area contributed by atoms with E-state index in [0.717, 1.165) is 24.7 Å². The van der Waals surface area contributed by atoms with E-state index >= 15 is 0 Å². The fraction of sp³-hybridized carbons (Fsp3) is 0.500. The van der Waals surface area contributed by atoms with Gasteiger partial charge >= 0.3 is 30.2 Å². The molecule has 0 radical (unpaired) electrons. The molecule has 2 heteroatoms. The molecule has 0 spiro atoms. The zero-order chi connectivity index (χ0) is 21.0. The maximum absolute atomic E-state index is 3.60. The molecule has 0 N–H and O–H groups in total. The summed E-state index contributed by atoms with van der Waals surface area (Å²) in [5, 5.41) is 0. The first-order valence-electron chi connectivity index (χ1n) is 11.1. The molecule has 2 unspecified atom stereocenters. The van der Waals surface area contributed by atoms with Crippen LogP contribution < -0.4 is 0 Å². The molecular formula is C28H48SiZr-6. The van der Waals surface area contributed by atoms with Crippen molar-refractivity contribution in [2.75, 3.05) is 0 Å². The van der Waals surface area contributed by atoms with Gasteiger partial charge in [-0.1, -0.05) is 39.5 Å². The summed E-state index contributed by atoms with van der Waals surface area (Å²) in [4.78, 5) is 0. The van der Waals surface area contributed by atoms with Gasteiger partial charge in [0, 0.05) is 0 Å². The summed E-state index contributed by atoms with van der Waals surface area (Å²) in [5.74, 6) is 1.77. The van der Waals surface area contributed by atoms with E-state index in [1.165, 1.54) is 51.4 Å². The molecule has 0 saturated heterocycles. The molecule has 2 saturated carbocycles. The van der Waals surface area contributed by atoms with Crippen molar-refractivity contribution in [2.45, 2.75) is 78.1 Å². The van der Waals surface area contributed by atoms with Crippen LogP contribution in [0.4, 0.5) is 0 Å². The molecule has 0 aliphatic heterocycles. The van der Waals surface area contributed by atoms with Crippen molar-refractivity contribution >= 4 is 6.88 Å². The topological polar surface area (TPSA) is 0 Å². The normalized spacial score (nSPS) is 20.8. The van der Waals surface area contributed by atoms with Crippen molar-refractivity contribution in [2.24, 2.45) is 11.8 Å². The van der Waals surface area contributed by atoms with E-state index in [0.29, 0.717) is 0 Å². The number of hydrogen-bond acceptors (Lipinski definition) is 0. The fourth-order valence-electron chi connectivity index (χ4n) is 3.33. The third-order valence-electron chi connectivity index (χ3n) is 5.13. The van der Waals surface area contributed by atoms with E-state index < -0.39 is 0 Å². The van der Waals surface area contributed by atoms with Gasteiger partial charge in [0.15, 0.2) is 0 Å². The molecule has 174 valence electrons. The Morgan fingerprint density at radius 2 is 1.17 bits per heavy atom. The molecule has 30 heavy (non-hydrogen) atoms. The quantitative estimate of drug-likeness (QED) is 0.263. The van der Waals surface area contributed by atoms with Gasteiger partial charge in [-0.3, -0.25) is 0 Å². The van der Waals surface area contributed by atoms with Gasteiger partial charge in [0.05, 0.1) is 0 Å². The first-order chi connectivity index (χ1) is 13.8. The van der Waals surface area contributed by atoms with Crippen LogP contribution in [0.25, 0.3) is 0 Å². The molecule has 0 nitrogen and oxygen atoms in total. The number of allylic oxidation sites excluding steroid dienone is 8. The summed E-state index contributed by atoms with van der Waals surface area (Å²) >= 11 is 1.58. The fourth-order valence-corrected chi connectivity index (χ4v) is 3.33. The third-order valence-corrected chi connectivity index (χ3v) is 5.13. The van der Waals surface area contributed by atoms with Gasteiger partial charge in [-0.25, -0.2) is 36.1 Å². The van der Waals surface area contributed by atoms with E-state index in [-0.39, 0.29) is 14.9 Å². The van der Waals surface area contributed by atoms with E-state index in [4.69, 9.17) is 0 Å². The molecule has 0 aromatic carbocycles. The number of fused-ring (bicyclic) bond motifs is 2. The van der Waals surface area contributed by atoms with E-state index in [2.05, 4.69) is 77.0 Å². The van der Waals surface area contributed by atoms with Gasteiger partial charge in [-0.15, -0.1) is 37.1 Å². The molecule has 0 bridgehead atoms. The van der Waals surface area contributed by atoms with Crippen LogP contribution in [-0.2, 0) is 23.3 Å². The first-order valence-corrected chi connectivity index (χ1v) is 17.0. The van der Waals surface area contributed by atoms with Crippen LogP contribution in [0, 0.1) is 53.4 Å². The zero-order valence-corrected chi connectivity index (χ0v) is 24.3. The average molecular weight is 504 g/mol. The van der Waals surface area contributed by atoms with E-state index in [9.17, 15) is 0 Å². The predicted octanol–water partition coefficient (Wildman–Crippen LogP) is 8.20. The molecule has 0 aromatic rings. The predicted molar refractivity (Wildman–Crippen MR) is 140 cm³/mol. The van der Waals surface area contributed by atoms with Crippen molar-refractivity contribution in [1.29, 1.82) is 0 Å². The van der Waals surface area contributed by atoms with Crippen molar-refractivity contribution in [3.8, 4) is 0 Å². The molecule has 2 fully saturated rings. The first kappa shape index (κ1) is 34.4. The van der Waals surface area contributed by atoms with Crippen molar-refractivity contribution in [3.63, 3.8) is 0 Å². The Kier molecular flexibility index (Phi) is 28.8. The minimum atomic E-state index is 0. The second-order valence-electron chi connectivity index (χ2n) is 7.32. The Bertz CT molecular complexity index is 439. The Hall–Kier alpha value is -0.200. The van der Waals surface area contributed by atoms with Gasteiger partial charge in [-0.2, -0.15) is 12.8 Å². The molecule has 4 rings (SSSR count). The van der Waals surface area contributed by atoms with Gasteiger partial charge in [-0.05, 0) is 24.7 Å². The van der Waals surface area contributed by atoms with Crippen molar-refractivity contribution in [3.05, 3.63) is 89.1 Å². The number of unbranched alkanes of at least 4 members (excludes halogenated alkanes) is 2. The summed E-state index contributed by atoms with van der Waals surface area (Å²) in [6, 6.07) is 0. The van der Waals surface area contributed by atoms with Gasteiger partial charge in [0.2, 0.25) is 0 Å². The number of rotatable bonds is 2. The van der Waals surface area contributed by atoms with Gasteiger partial charge in [0.25, 0.3) is 0 Å². The SMILES string of the molecule is C1=CCC2CC[CH-]C2=C1.C1=CCC2CC[CH-]C2=C1.[CH2-]CCC.[CH2-]CCC.[CH3-].[CH3-].[SiH2]=[Zr]. The van der Waals surface area contributed by atoms with E-state index in [1.54, 1.807) is 34.5 Å². The van der Waals surface area contributed by atoms with Crippen molar-refractivity contribution < 1.29 is 23.3 Å². The second kappa shape index (κ2) is 25.1.